The maximum absolute atomic E-state index is 10.4. The van der Waals surface area contributed by atoms with Crippen molar-refractivity contribution in [3.8, 4) is 0 Å². The largest absolute Gasteiger partial charge is 2.00 e. The monoisotopic (exact) mass is 351 g/mol. The van der Waals surface area contributed by atoms with Crippen molar-refractivity contribution in [3.63, 3.8) is 0 Å². The number of rotatable bonds is 11. The number of carbonyl (C=O) groups is 4. The van der Waals surface area contributed by atoms with Crippen LogP contribution in [0.5, 0.6) is 0 Å². The Balaban J connectivity index is 0. The third-order valence-electron chi connectivity index (χ3n) is 2.14. The number of aliphatic carboxylic acids is 4. The number of nitrogens with zero attached hydrogens (tertiary/aromatic N) is 2. The van der Waals surface area contributed by atoms with Gasteiger partial charge in [-0.2, -0.15) is 0 Å². The van der Waals surface area contributed by atoms with E-state index in [2.05, 4.69) is 0 Å². The van der Waals surface area contributed by atoms with E-state index in [1.165, 1.54) is 0 Å². The molecule has 0 aliphatic rings. The minimum atomic E-state index is -1.53. The van der Waals surface area contributed by atoms with E-state index in [-0.39, 0.29) is 30.2 Å². The molecule has 10 nitrogen and oxygen atoms in total. The topological polar surface area (TPSA) is 167 Å². The average molecular weight is 352 g/mol. The normalized spacial score (nSPS) is 10.2. The van der Waals surface area contributed by atoms with Crippen molar-refractivity contribution in [1.82, 2.24) is 9.80 Å². The van der Waals surface area contributed by atoms with Gasteiger partial charge in [0.15, 0.2) is 0 Å². The molecule has 0 spiro atoms. The van der Waals surface area contributed by atoms with Crippen LogP contribution in [0.1, 0.15) is 0 Å². The average Bonchev–Trinajstić information content (AvgIpc) is 2.22. The summed E-state index contributed by atoms with van der Waals surface area (Å²) in [6.45, 7) is -3.25. The quantitative estimate of drug-likeness (QED) is 0.326. The van der Waals surface area contributed by atoms with E-state index in [1.54, 1.807) is 0 Å². The first-order chi connectivity index (χ1) is 9.20. The Morgan fingerprint density at radius 1 is 0.571 bits per heavy atom. The van der Waals surface area contributed by atoms with Crippen molar-refractivity contribution >= 4 is 23.9 Å². The Labute approximate surface area is 130 Å². The summed E-state index contributed by atoms with van der Waals surface area (Å²) < 4.78 is 0. The summed E-state index contributed by atoms with van der Waals surface area (Å²) in [6, 6.07) is 0. The molecule has 0 saturated heterocycles. The minimum absolute atomic E-state index is 0. The summed E-state index contributed by atoms with van der Waals surface area (Å²) in [5.41, 5.74) is 0. The standard InChI is InChI=1S/C10H16N2O8.Cu/c13-7(14)3-11(4-8(15)16)1-2-12(5-9(17)18)6-10(19)20;/h1-6H2,(H,13,14)(H,15,16)(H,17,18)(H,19,20);/q;+2/p-4. The summed E-state index contributed by atoms with van der Waals surface area (Å²) in [5, 5.41) is 41.6. The molecular formula is C10H12CuN2O8-2. The second kappa shape index (κ2) is 11.0. The van der Waals surface area contributed by atoms with Gasteiger partial charge in [-0.25, -0.2) is 0 Å². The van der Waals surface area contributed by atoms with Crippen molar-refractivity contribution < 1.29 is 56.7 Å². The molecule has 0 aromatic rings. The molecule has 0 saturated carbocycles. The summed E-state index contributed by atoms with van der Waals surface area (Å²) >= 11 is 0. The third kappa shape index (κ3) is 13.1. The minimum Gasteiger partial charge on any atom is -0.549 e. The van der Waals surface area contributed by atoms with Gasteiger partial charge in [0.1, 0.15) is 0 Å². The fraction of sp³-hybridized carbons (Fsp3) is 0.600. The smallest absolute Gasteiger partial charge is 0.549 e. The van der Waals surface area contributed by atoms with Crippen LogP contribution in [-0.2, 0) is 36.2 Å². The first-order valence-corrected chi connectivity index (χ1v) is 5.44. The van der Waals surface area contributed by atoms with Crippen LogP contribution < -0.4 is 20.4 Å². The summed E-state index contributed by atoms with van der Waals surface area (Å²) in [4.78, 5) is 43.4. The third-order valence-corrected chi connectivity index (χ3v) is 2.14. The molecule has 0 aromatic heterocycles. The molecule has 11 heteroatoms. The molecule has 0 aliphatic heterocycles. The van der Waals surface area contributed by atoms with Crippen molar-refractivity contribution in [3.05, 3.63) is 0 Å². The molecular weight excluding hydrogens is 340 g/mol. The number of carbonyl (C=O) groups excluding carboxylic acids is 4. The van der Waals surface area contributed by atoms with Gasteiger partial charge >= 0.3 is 17.1 Å². The first kappa shape index (κ1) is 21.6. The molecule has 123 valence electrons. The SMILES string of the molecule is O=C([O-])CN(CCN(CC(=O)[O-])CC(=O)[O-])CC(=O)[O-].[Cu+2]. The second-order valence-corrected chi connectivity index (χ2v) is 3.91. The van der Waals surface area contributed by atoms with E-state index >= 15 is 0 Å². The molecule has 0 fully saturated rings. The van der Waals surface area contributed by atoms with Crippen molar-refractivity contribution in [2.45, 2.75) is 0 Å². The Hall–Kier alpha value is -1.68. The number of hydrogen-bond acceptors (Lipinski definition) is 10. The Bertz CT molecular complexity index is 321. The summed E-state index contributed by atoms with van der Waals surface area (Å²) in [5.74, 6) is -6.12. The molecule has 0 unspecified atom stereocenters. The predicted molar refractivity (Wildman–Crippen MR) is 52.9 cm³/mol. The van der Waals surface area contributed by atoms with E-state index in [0.717, 1.165) is 9.80 Å². The van der Waals surface area contributed by atoms with Crippen molar-refractivity contribution in [1.29, 1.82) is 0 Å². The van der Waals surface area contributed by atoms with E-state index in [9.17, 15) is 39.6 Å². The van der Waals surface area contributed by atoms with E-state index in [0.29, 0.717) is 0 Å². The Morgan fingerprint density at radius 2 is 0.762 bits per heavy atom. The van der Waals surface area contributed by atoms with Crippen LogP contribution in [-0.4, -0.2) is 72.9 Å². The fourth-order valence-corrected chi connectivity index (χ4v) is 1.44. The molecule has 0 aliphatic carbocycles. The first-order valence-electron chi connectivity index (χ1n) is 5.44. The molecule has 1 radical (unpaired) electrons. The van der Waals surface area contributed by atoms with Crippen LogP contribution in [0.4, 0.5) is 0 Å². The second-order valence-electron chi connectivity index (χ2n) is 3.91. The maximum Gasteiger partial charge on any atom is 2.00 e. The van der Waals surface area contributed by atoms with Gasteiger partial charge in [0.05, 0.1) is 23.9 Å². The molecule has 0 N–H and O–H groups in total. The molecule has 21 heavy (non-hydrogen) atoms. The van der Waals surface area contributed by atoms with Gasteiger partial charge in [0.25, 0.3) is 0 Å². The van der Waals surface area contributed by atoms with Crippen LogP contribution in [0.2, 0.25) is 0 Å². The van der Waals surface area contributed by atoms with Gasteiger partial charge in [-0.15, -0.1) is 0 Å². The van der Waals surface area contributed by atoms with Gasteiger partial charge < -0.3 is 39.6 Å². The van der Waals surface area contributed by atoms with E-state index in [1.807, 2.05) is 0 Å². The van der Waals surface area contributed by atoms with Crippen molar-refractivity contribution in [2.24, 2.45) is 0 Å². The van der Waals surface area contributed by atoms with Gasteiger partial charge in [0, 0.05) is 39.3 Å². The zero-order chi connectivity index (χ0) is 15.7. The summed E-state index contributed by atoms with van der Waals surface area (Å²) in [6.07, 6.45) is 0. The molecule has 0 atom stereocenters. The Kier molecular flexibility index (Phi) is 11.4. The zero-order valence-corrected chi connectivity index (χ0v) is 11.6. The molecule has 0 heterocycles. The fourth-order valence-electron chi connectivity index (χ4n) is 1.44. The van der Waals surface area contributed by atoms with Crippen molar-refractivity contribution in [2.75, 3.05) is 39.3 Å². The van der Waals surface area contributed by atoms with E-state index in [4.69, 9.17) is 0 Å². The molecule has 0 aromatic carbocycles. The summed E-state index contributed by atoms with van der Waals surface area (Å²) in [7, 11) is 0. The number of carboxylic acids is 4. The Morgan fingerprint density at radius 3 is 0.905 bits per heavy atom. The van der Waals surface area contributed by atoms with E-state index < -0.39 is 50.1 Å². The van der Waals surface area contributed by atoms with Gasteiger partial charge in [-0.05, 0) is 0 Å². The van der Waals surface area contributed by atoms with Crippen LogP contribution in [0.25, 0.3) is 0 Å². The molecule has 0 rings (SSSR count). The van der Waals surface area contributed by atoms with Crippen LogP contribution >= 0.6 is 0 Å². The molecule has 0 amide bonds. The van der Waals surface area contributed by atoms with Gasteiger partial charge in [-0.1, -0.05) is 0 Å². The zero-order valence-electron chi connectivity index (χ0n) is 10.7. The predicted octanol–water partition coefficient (Wildman–Crippen LogP) is -7.41. The van der Waals surface area contributed by atoms with Crippen LogP contribution in [0, 0.1) is 0 Å². The number of carboxylic acid groups (broad SMARTS) is 4. The van der Waals surface area contributed by atoms with Crippen LogP contribution in [0.15, 0.2) is 0 Å². The van der Waals surface area contributed by atoms with Gasteiger partial charge in [0.2, 0.25) is 0 Å². The maximum atomic E-state index is 10.4. The van der Waals surface area contributed by atoms with Gasteiger partial charge in [-0.3, -0.25) is 9.80 Å². The molecule has 0 bridgehead atoms. The number of hydrogen-bond donors (Lipinski definition) is 0. The van der Waals surface area contributed by atoms with Crippen LogP contribution in [0.3, 0.4) is 0 Å².